The lowest BCUT2D eigenvalue weighted by Gasteiger charge is -2.38. The van der Waals surface area contributed by atoms with Crippen molar-refractivity contribution in [2.24, 2.45) is 5.41 Å². The lowest BCUT2D eigenvalue weighted by atomic mass is 9.94. The second kappa shape index (κ2) is 10.1. The molecule has 9 heteroatoms. The van der Waals surface area contributed by atoms with Crippen LogP contribution >= 0.6 is 11.6 Å². The molecule has 3 heterocycles. The van der Waals surface area contributed by atoms with E-state index in [-0.39, 0.29) is 17.6 Å². The normalized spacial score (nSPS) is 15.6. The van der Waals surface area contributed by atoms with Crippen LogP contribution < -0.4 is 4.90 Å². The average Bonchev–Trinajstić information content (AvgIpc) is 3.20. The van der Waals surface area contributed by atoms with Gasteiger partial charge in [-0.3, -0.25) is 4.79 Å². The molecule has 0 unspecified atom stereocenters. The number of aromatic nitrogens is 4. The third-order valence-electron chi connectivity index (χ3n) is 6.71. The minimum Gasteiger partial charge on any atom is -0.352 e. The third kappa shape index (κ3) is 4.99. The van der Waals surface area contributed by atoms with Crippen molar-refractivity contribution < 1.29 is 9.18 Å². The maximum atomic E-state index is 13.6. The van der Waals surface area contributed by atoms with Gasteiger partial charge in [0, 0.05) is 38.0 Å². The second-order valence-corrected chi connectivity index (χ2v) is 10.3. The van der Waals surface area contributed by atoms with Crippen LogP contribution in [0.15, 0.2) is 24.3 Å². The number of aryl methyl sites for hydroxylation is 1. The summed E-state index contributed by atoms with van der Waals surface area (Å²) < 4.78 is 15.3. The molecule has 1 aliphatic heterocycles. The molecule has 1 amide bonds. The molecule has 4 rings (SSSR count). The largest absolute Gasteiger partial charge is 0.352 e. The zero-order valence-corrected chi connectivity index (χ0v) is 21.9. The molecule has 1 aliphatic rings. The Labute approximate surface area is 211 Å². The number of rotatable bonds is 7. The maximum absolute atomic E-state index is 13.6. The highest BCUT2D eigenvalue weighted by Gasteiger charge is 2.34. The first-order chi connectivity index (χ1) is 16.7. The van der Waals surface area contributed by atoms with E-state index in [1.807, 2.05) is 25.7 Å². The van der Waals surface area contributed by atoms with E-state index in [4.69, 9.17) is 26.7 Å². The van der Waals surface area contributed by atoms with Gasteiger partial charge in [0.2, 0.25) is 5.91 Å². The highest BCUT2D eigenvalue weighted by Crippen LogP contribution is 2.32. The molecular formula is C26H34ClFN6O. The topological polar surface area (TPSA) is 67.2 Å². The van der Waals surface area contributed by atoms with E-state index in [9.17, 15) is 9.18 Å². The highest BCUT2D eigenvalue weighted by atomic mass is 35.5. The lowest BCUT2D eigenvalue weighted by molar-refractivity contribution is -0.139. The number of alkyl halides is 1. The number of hydrogen-bond donors (Lipinski definition) is 0. The van der Waals surface area contributed by atoms with Gasteiger partial charge in [-0.15, -0.1) is 11.6 Å². The first-order valence-electron chi connectivity index (χ1n) is 12.3. The van der Waals surface area contributed by atoms with Gasteiger partial charge in [-0.25, -0.2) is 19.0 Å². The molecule has 0 saturated carbocycles. The minimum atomic E-state index is -0.582. The van der Waals surface area contributed by atoms with Crippen LogP contribution in [0, 0.1) is 18.2 Å². The van der Waals surface area contributed by atoms with Crippen LogP contribution in [-0.4, -0.2) is 62.6 Å². The van der Waals surface area contributed by atoms with Gasteiger partial charge in [0.05, 0.1) is 22.2 Å². The third-order valence-corrected chi connectivity index (χ3v) is 7.38. The Balaban J connectivity index is 1.74. The van der Waals surface area contributed by atoms with Crippen molar-refractivity contribution in [1.29, 1.82) is 0 Å². The quantitative estimate of drug-likeness (QED) is 0.423. The van der Waals surface area contributed by atoms with Crippen LogP contribution in [0.2, 0.25) is 0 Å². The molecule has 1 fully saturated rings. The van der Waals surface area contributed by atoms with Gasteiger partial charge in [-0.1, -0.05) is 20.3 Å². The Hall–Kier alpha value is -2.74. The SMILES string of the molecule is CCC[C@@H](C)c1nc(N2CCN(C(=O)C(C)(C)CCl)CC2)c2c(C)nn(-c3ccc(F)cc3)c2n1. The van der Waals surface area contributed by atoms with Crippen molar-refractivity contribution in [3.05, 3.63) is 41.6 Å². The number of carbonyl (C=O) groups excluding carboxylic acids is 1. The number of benzene rings is 1. The molecule has 0 bridgehead atoms. The van der Waals surface area contributed by atoms with Crippen LogP contribution in [0.3, 0.4) is 0 Å². The zero-order chi connectivity index (χ0) is 25.3. The second-order valence-electron chi connectivity index (χ2n) is 10.1. The summed E-state index contributed by atoms with van der Waals surface area (Å²) in [4.78, 5) is 27.0. The number of amides is 1. The van der Waals surface area contributed by atoms with Crippen LogP contribution in [0.1, 0.15) is 58.0 Å². The molecule has 7 nitrogen and oxygen atoms in total. The Morgan fingerprint density at radius 3 is 2.40 bits per heavy atom. The summed E-state index contributed by atoms with van der Waals surface area (Å²) in [5, 5.41) is 5.66. The van der Waals surface area contributed by atoms with Crippen molar-refractivity contribution in [2.75, 3.05) is 37.0 Å². The number of piperazine rings is 1. The molecule has 3 aromatic rings. The Bertz CT molecular complexity index is 1200. The van der Waals surface area contributed by atoms with E-state index < -0.39 is 5.41 Å². The molecule has 0 spiro atoms. The smallest absolute Gasteiger partial charge is 0.229 e. The fourth-order valence-electron chi connectivity index (χ4n) is 4.56. The van der Waals surface area contributed by atoms with Crippen LogP contribution in [0.25, 0.3) is 16.7 Å². The van der Waals surface area contributed by atoms with E-state index >= 15 is 0 Å². The standard InChI is InChI=1S/C26H34ClFN6O/c1-6-7-17(2)22-29-23(32-12-14-33(15-13-32)25(35)26(4,5)16-27)21-18(3)31-34(24(21)30-22)20-10-8-19(28)9-11-20/h8-11,17H,6-7,12-16H2,1-5H3/t17-/m1/s1. The van der Waals surface area contributed by atoms with Crippen molar-refractivity contribution >= 4 is 34.4 Å². The molecule has 0 N–H and O–H groups in total. The molecule has 1 aromatic carbocycles. The van der Waals surface area contributed by atoms with E-state index in [1.165, 1.54) is 12.1 Å². The Kier molecular flexibility index (Phi) is 7.31. The predicted molar refractivity (Wildman–Crippen MR) is 138 cm³/mol. The van der Waals surface area contributed by atoms with E-state index in [1.54, 1.807) is 16.8 Å². The maximum Gasteiger partial charge on any atom is 0.229 e. The van der Waals surface area contributed by atoms with Crippen LogP contribution in [0.4, 0.5) is 10.2 Å². The molecular weight excluding hydrogens is 467 g/mol. The van der Waals surface area contributed by atoms with Gasteiger partial charge < -0.3 is 9.80 Å². The van der Waals surface area contributed by atoms with Gasteiger partial charge in [0.1, 0.15) is 17.5 Å². The molecule has 0 radical (unpaired) electrons. The summed E-state index contributed by atoms with van der Waals surface area (Å²) in [5.41, 5.74) is 1.71. The fraction of sp³-hybridized carbons (Fsp3) is 0.538. The first kappa shape index (κ1) is 25.4. The molecule has 1 saturated heterocycles. The average molecular weight is 501 g/mol. The molecule has 0 aliphatic carbocycles. The number of fused-ring (bicyclic) bond motifs is 1. The monoisotopic (exact) mass is 500 g/mol. The number of carbonyl (C=O) groups is 1. The first-order valence-corrected chi connectivity index (χ1v) is 12.8. The van der Waals surface area contributed by atoms with Gasteiger partial charge in [0.25, 0.3) is 0 Å². The van der Waals surface area contributed by atoms with Crippen molar-refractivity contribution in [1.82, 2.24) is 24.6 Å². The van der Waals surface area contributed by atoms with Crippen molar-refractivity contribution in [3.8, 4) is 5.69 Å². The summed E-state index contributed by atoms with van der Waals surface area (Å²) in [5.74, 6) is 1.89. The van der Waals surface area contributed by atoms with E-state index in [0.717, 1.165) is 46.9 Å². The van der Waals surface area contributed by atoms with Gasteiger partial charge in [-0.05, 0) is 51.5 Å². The van der Waals surface area contributed by atoms with Crippen LogP contribution in [-0.2, 0) is 4.79 Å². The number of anilines is 1. The Morgan fingerprint density at radius 1 is 1.14 bits per heavy atom. The summed E-state index contributed by atoms with van der Waals surface area (Å²) in [6.45, 7) is 12.6. The summed E-state index contributed by atoms with van der Waals surface area (Å²) >= 11 is 6.04. The van der Waals surface area contributed by atoms with Crippen molar-refractivity contribution in [2.45, 2.75) is 53.4 Å². The zero-order valence-electron chi connectivity index (χ0n) is 21.2. The Morgan fingerprint density at radius 2 is 1.80 bits per heavy atom. The van der Waals surface area contributed by atoms with Gasteiger partial charge in [0.15, 0.2) is 5.65 Å². The van der Waals surface area contributed by atoms with Gasteiger partial charge >= 0.3 is 0 Å². The molecule has 1 atom stereocenters. The summed E-state index contributed by atoms with van der Waals surface area (Å²) in [7, 11) is 0. The van der Waals surface area contributed by atoms with Crippen molar-refractivity contribution in [3.63, 3.8) is 0 Å². The van der Waals surface area contributed by atoms with E-state index in [0.29, 0.717) is 32.1 Å². The predicted octanol–water partition coefficient (Wildman–Crippen LogP) is 5.08. The van der Waals surface area contributed by atoms with Crippen LogP contribution in [0.5, 0.6) is 0 Å². The molecule has 35 heavy (non-hydrogen) atoms. The van der Waals surface area contributed by atoms with E-state index in [2.05, 4.69) is 18.7 Å². The molecule has 2 aromatic heterocycles. The van der Waals surface area contributed by atoms with Gasteiger partial charge in [-0.2, -0.15) is 5.10 Å². The summed E-state index contributed by atoms with van der Waals surface area (Å²) in [6.07, 6.45) is 2.01. The lowest BCUT2D eigenvalue weighted by Crippen LogP contribution is -2.52. The fourth-order valence-corrected chi connectivity index (χ4v) is 4.67. The number of nitrogens with zero attached hydrogens (tertiary/aromatic N) is 6. The number of hydrogen-bond acceptors (Lipinski definition) is 5. The molecule has 188 valence electrons. The number of halogens is 2. The minimum absolute atomic E-state index is 0.0811. The summed E-state index contributed by atoms with van der Waals surface area (Å²) in [6, 6.07) is 6.28. The highest BCUT2D eigenvalue weighted by molar-refractivity contribution is 6.19.